The molecule has 0 aliphatic heterocycles. The second kappa shape index (κ2) is 8.12. The predicted octanol–water partition coefficient (Wildman–Crippen LogP) is 5.27. The minimum atomic E-state index is -0.211. The molecule has 3 aromatic rings. The van der Waals surface area contributed by atoms with Crippen LogP contribution in [-0.4, -0.2) is 12.5 Å². The van der Waals surface area contributed by atoms with Crippen LogP contribution in [0.25, 0.3) is 11.0 Å². The summed E-state index contributed by atoms with van der Waals surface area (Å²) >= 11 is 12.0. The van der Waals surface area contributed by atoms with Crippen LogP contribution < -0.4 is 10.6 Å². The van der Waals surface area contributed by atoms with Gasteiger partial charge >= 0.3 is 0 Å². The quantitative estimate of drug-likeness (QED) is 0.602. The standard InChI is InChI=1S/C20H20Cl2N2O2/c1-12(14-7-8-16(21)17(22)9-14)23-11-20(25)24-13(2)19-10-15-5-3-4-6-18(15)26-19/h3-10,12-13,23H,11H2,1-2H3,(H,24,25)/t12-,13+/m0/s1. The molecule has 0 aliphatic carbocycles. The summed E-state index contributed by atoms with van der Waals surface area (Å²) in [5.41, 5.74) is 1.78. The van der Waals surface area contributed by atoms with Crippen molar-refractivity contribution in [2.24, 2.45) is 0 Å². The molecule has 1 heterocycles. The van der Waals surface area contributed by atoms with Crippen molar-refractivity contribution in [2.45, 2.75) is 25.9 Å². The van der Waals surface area contributed by atoms with Gasteiger partial charge in [-0.15, -0.1) is 0 Å². The van der Waals surface area contributed by atoms with Gasteiger partial charge < -0.3 is 15.1 Å². The maximum atomic E-state index is 12.2. The Labute approximate surface area is 162 Å². The molecule has 0 bridgehead atoms. The van der Waals surface area contributed by atoms with Crippen molar-refractivity contribution in [1.29, 1.82) is 0 Å². The number of carbonyl (C=O) groups excluding carboxylic acids is 1. The zero-order valence-electron chi connectivity index (χ0n) is 14.6. The smallest absolute Gasteiger partial charge is 0.234 e. The van der Waals surface area contributed by atoms with Crippen LogP contribution >= 0.6 is 23.2 Å². The van der Waals surface area contributed by atoms with Crippen LogP contribution in [0.15, 0.2) is 52.9 Å². The van der Waals surface area contributed by atoms with Gasteiger partial charge in [-0.3, -0.25) is 4.79 Å². The number of para-hydroxylation sites is 1. The molecule has 6 heteroatoms. The van der Waals surface area contributed by atoms with E-state index in [-0.39, 0.29) is 24.5 Å². The molecule has 0 saturated carbocycles. The molecule has 136 valence electrons. The Balaban J connectivity index is 1.55. The van der Waals surface area contributed by atoms with E-state index in [0.717, 1.165) is 22.3 Å². The van der Waals surface area contributed by atoms with Crippen LogP contribution in [0.3, 0.4) is 0 Å². The van der Waals surface area contributed by atoms with E-state index >= 15 is 0 Å². The molecular weight excluding hydrogens is 371 g/mol. The molecule has 0 radical (unpaired) electrons. The topological polar surface area (TPSA) is 54.3 Å². The Morgan fingerprint density at radius 1 is 1.04 bits per heavy atom. The van der Waals surface area contributed by atoms with Gasteiger partial charge in [-0.25, -0.2) is 0 Å². The summed E-state index contributed by atoms with van der Waals surface area (Å²) in [5, 5.41) is 8.16. The number of furan rings is 1. The van der Waals surface area contributed by atoms with Crippen LogP contribution in [0.4, 0.5) is 0 Å². The summed E-state index contributed by atoms with van der Waals surface area (Å²) in [4.78, 5) is 12.2. The molecule has 0 aliphatic rings. The molecule has 1 amide bonds. The van der Waals surface area contributed by atoms with Crippen molar-refractivity contribution in [3.8, 4) is 0 Å². The van der Waals surface area contributed by atoms with E-state index in [9.17, 15) is 4.79 Å². The van der Waals surface area contributed by atoms with Crippen molar-refractivity contribution in [3.63, 3.8) is 0 Å². The largest absolute Gasteiger partial charge is 0.459 e. The number of rotatable bonds is 6. The van der Waals surface area contributed by atoms with Crippen LogP contribution in [0, 0.1) is 0 Å². The average molecular weight is 391 g/mol. The Morgan fingerprint density at radius 2 is 1.81 bits per heavy atom. The molecule has 1 aromatic heterocycles. The van der Waals surface area contributed by atoms with E-state index in [0.29, 0.717) is 10.0 Å². The summed E-state index contributed by atoms with van der Waals surface area (Å²) in [7, 11) is 0. The third-order valence-corrected chi connectivity index (χ3v) is 5.00. The number of hydrogen-bond donors (Lipinski definition) is 2. The maximum Gasteiger partial charge on any atom is 0.234 e. The van der Waals surface area contributed by atoms with E-state index in [2.05, 4.69) is 10.6 Å². The maximum absolute atomic E-state index is 12.2. The normalized spacial score (nSPS) is 13.5. The fraction of sp³-hybridized carbons (Fsp3) is 0.250. The minimum Gasteiger partial charge on any atom is -0.459 e. The Morgan fingerprint density at radius 3 is 2.54 bits per heavy atom. The van der Waals surface area contributed by atoms with Crippen molar-refractivity contribution < 1.29 is 9.21 Å². The zero-order chi connectivity index (χ0) is 18.7. The molecule has 2 N–H and O–H groups in total. The number of carbonyl (C=O) groups is 1. The molecule has 2 atom stereocenters. The van der Waals surface area contributed by atoms with Crippen molar-refractivity contribution >= 4 is 40.1 Å². The lowest BCUT2D eigenvalue weighted by atomic mass is 10.1. The highest BCUT2D eigenvalue weighted by Crippen LogP contribution is 2.26. The van der Waals surface area contributed by atoms with Gasteiger partial charge in [0.05, 0.1) is 22.6 Å². The average Bonchev–Trinajstić information content (AvgIpc) is 3.06. The summed E-state index contributed by atoms with van der Waals surface area (Å²) in [6.07, 6.45) is 0. The van der Waals surface area contributed by atoms with Gasteiger partial charge in [0.1, 0.15) is 11.3 Å². The van der Waals surface area contributed by atoms with Gasteiger partial charge in [-0.1, -0.05) is 47.5 Å². The predicted molar refractivity (Wildman–Crippen MR) is 106 cm³/mol. The second-order valence-electron chi connectivity index (χ2n) is 6.25. The molecule has 0 fully saturated rings. The molecule has 4 nitrogen and oxygen atoms in total. The second-order valence-corrected chi connectivity index (χ2v) is 7.07. The third kappa shape index (κ3) is 4.39. The zero-order valence-corrected chi connectivity index (χ0v) is 16.1. The van der Waals surface area contributed by atoms with Crippen LogP contribution in [-0.2, 0) is 4.79 Å². The lowest BCUT2D eigenvalue weighted by Crippen LogP contribution is -2.36. The minimum absolute atomic E-state index is 0.0305. The molecule has 0 spiro atoms. The number of fused-ring (bicyclic) bond motifs is 1. The molecular formula is C20H20Cl2N2O2. The molecule has 26 heavy (non-hydrogen) atoms. The van der Waals surface area contributed by atoms with Gasteiger partial charge in [0, 0.05) is 11.4 Å². The Hall–Kier alpha value is -2.01. The SMILES string of the molecule is C[C@H](NCC(=O)N[C@H](C)c1cc2ccccc2o1)c1ccc(Cl)c(Cl)c1. The lowest BCUT2D eigenvalue weighted by Gasteiger charge is -2.16. The Bertz CT molecular complexity index is 890. The van der Waals surface area contributed by atoms with Crippen molar-refractivity contribution in [3.05, 3.63) is 69.9 Å². The van der Waals surface area contributed by atoms with Crippen LogP contribution in [0.5, 0.6) is 0 Å². The third-order valence-electron chi connectivity index (χ3n) is 4.26. The fourth-order valence-electron chi connectivity index (χ4n) is 2.72. The highest BCUT2D eigenvalue weighted by Gasteiger charge is 2.15. The highest BCUT2D eigenvalue weighted by molar-refractivity contribution is 6.42. The molecule has 2 aromatic carbocycles. The van der Waals surface area contributed by atoms with E-state index < -0.39 is 0 Å². The number of benzene rings is 2. The van der Waals surface area contributed by atoms with Crippen molar-refractivity contribution in [1.82, 2.24) is 10.6 Å². The van der Waals surface area contributed by atoms with Gasteiger partial charge in [-0.05, 0) is 43.7 Å². The molecule has 0 unspecified atom stereocenters. The Kier molecular flexibility index (Phi) is 5.87. The van der Waals surface area contributed by atoms with E-state index in [1.165, 1.54) is 0 Å². The van der Waals surface area contributed by atoms with Crippen LogP contribution in [0.1, 0.15) is 37.3 Å². The summed E-state index contributed by atoms with van der Waals surface area (Å²) in [6.45, 7) is 4.06. The summed E-state index contributed by atoms with van der Waals surface area (Å²) in [6, 6.07) is 14.9. The number of nitrogens with one attached hydrogen (secondary N) is 2. The first-order valence-corrected chi connectivity index (χ1v) is 9.16. The van der Waals surface area contributed by atoms with Crippen molar-refractivity contribution in [2.75, 3.05) is 6.54 Å². The molecule has 0 saturated heterocycles. The van der Waals surface area contributed by atoms with E-state index in [1.807, 2.05) is 50.2 Å². The van der Waals surface area contributed by atoms with Gasteiger partial charge in [-0.2, -0.15) is 0 Å². The summed E-state index contributed by atoms with van der Waals surface area (Å²) in [5.74, 6) is 0.627. The number of amides is 1. The van der Waals surface area contributed by atoms with Crippen LogP contribution in [0.2, 0.25) is 10.0 Å². The van der Waals surface area contributed by atoms with Gasteiger partial charge in [0.25, 0.3) is 0 Å². The highest BCUT2D eigenvalue weighted by atomic mass is 35.5. The van der Waals surface area contributed by atoms with Gasteiger partial charge in [0.15, 0.2) is 0 Å². The summed E-state index contributed by atoms with van der Waals surface area (Å²) < 4.78 is 5.79. The first-order chi connectivity index (χ1) is 12.4. The molecule has 3 rings (SSSR count). The monoisotopic (exact) mass is 390 g/mol. The number of halogens is 2. The lowest BCUT2D eigenvalue weighted by molar-refractivity contribution is -0.121. The fourth-order valence-corrected chi connectivity index (χ4v) is 3.03. The first-order valence-electron chi connectivity index (χ1n) is 8.40. The first kappa shape index (κ1) is 18.8. The number of hydrogen-bond acceptors (Lipinski definition) is 3. The van der Waals surface area contributed by atoms with Gasteiger partial charge in [0.2, 0.25) is 5.91 Å². The van der Waals surface area contributed by atoms with E-state index in [1.54, 1.807) is 12.1 Å². The van der Waals surface area contributed by atoms with E-state index in [4.69, 9.17) is 27.6 Å².